The molecule has 0 spiro atoms. The minimum Gasteiger partial charge on any atom is -0.494 e. The SMILES string of the molecule is O=C(O)c1ccc(OCCCN2C(=O)C(=Cc3cc(-c4cnc5ccccc5c4)ccc3OCCN3CCCC3)SC2=S)cc1. The average Bonchev–Trinajstić information content (AvgIpc) is 3.67. The van der Waals surface area contributed by atoms with Gasteiger partial charge in [-0.1, -0.05) is 48.2 Å². The Morgan fingerprint density at radius 3 is 2.56 bits per heavy atom. The van der Waals surface area contributed by atoms with Gasteiger partial charge in [0.2, 0.25) is 0 Å². The maximum absolute atomic E-state index is 13.5. The van der Waals surface area contributed by atoms with Gasteiger partial charge < -0.3 is 14.6 Å². The van der Waals surface area contributed by atoms with Crippen molar-refractivity contribution in [2.75, 3.05) is 39.4 Å². The Morgan fingerprint density at radius 2 is 1.76 bits per heavy atom. The maximum Gasteiger partial charge on any atom is 0.335 e. The van der Waals surface area contributed by atoms with Crippen LogP contribution in [0.2, 0.25) is 0 Å². The minimum absolute atomic E-state index is 0.142. The molecule has 2 aliphatic rings. The first kappa shape index (κ1) is 30.8. The largest absolute Gasteiger partial charge is 0.494 e. The summed E-state index contributed by atoms with van der Waals surface area (Å²) in [6.45, 7) is 4.42. The molecule has 3 heterocycles. The highest BCUT2D eigenvalue weighted by molar-refractivity contribution is 8.26. The van der Waals surface area contributed by atoms with Crippen LogP contribution in [0.5, 0.6) is 11.5 Å². The van der Waals surface area contributed by atoms with E-state index >= 15 is 0 Å². The Labute approximate surface area is 271 Å². The fourth-order valence-electron chi connectivity index (χ4n) is 5.43. The second-order valence-corrected chi connectivity index (χ2v) is 12.6. The Kier molecular flexibility index (Phi) is 9.73. The number of carboxylic acids is 1. The van der Waals surface area contributed by atoms with Crippen molar-refractivity contribution >= 4 is 57.2 Å². The van der Waals surface area contributed by atoms with Crippen LogP contribution in [0.1, 0.15) is 35.2 Å². The summed E-state index contributed by atoms with van der Waals surface area (Å²) in [5, 5.41) is 10.1. The number of amides is 1. The molecule has 2 saturated heterocycles. The molecule has 3 aromatic carbocycles. The third-order valence-electron chi connectivity index (χ3n) is 7.85. The van der Waals surface area contributed by atoms with Crippen LogP contribution in [0.3, 0.4) is 0 Å². The second-order valence-electron chi connectivity index (χ2n) is 10.9. The number of para-hydroxylation sites is 1. The van der Waals surface area contributed by atoms with Crippen LogP contribution in [0.15, 0.2) is 83.9 Å². The van der Waals surface area contributed by atoms with E-state index in [1.165, 1.54) is 36.7 Å². The average molecular weight is 640 g/mol. The number of benzene rings is 3. The minimum atomic E-state index is -0.984. The number of likely N-dealkylation sites (tertiary alicyclic amines) is 1. The van der Waals surface area contributed by atoms with Gasteiger partial charge in [-0.25, -0.2) is 4.79 Å². The fraction of sp³-hybridized carbons (Fsp3) is 0.257. The summed E-state index contributed by atoms with van der Waals surface area (Å²) < 4.78 is 12.5. The summed E-state index contributed by atoms with van der Waals surface area (Å²) in [6, 6.07) is 22.5. The molecular weight excluding hydrogens is 607 g/mol. The number of thiocarbonyl (C=S) groups is 1. The Bertz CT molecular complexity index is 1750. The molecule has 1 N–H and O–H groups in total. The van der Waals surface area contributed by atoms with E-state index in [1.54, 1.807) is 17.0 Å². The number of rotatable bonds is 12. The van der Waals surface area contributed by atoms with Crippen molar-refractivity contribution in [3.8, 4) is 22.6 Å². The lowest BCUT2D eigenvalue weighted by Gasteiger charge is -2.17. The lowest BCUT2D eigenvalue weighted by atomic mass is 10.0. The van der Waals surface area contributed by atoms with Crippen molar-refractivity contribution in [3.05, 3.63) is 95.0 Å². The number of hydrogen-bond donors (Lipinski definition) is 1. The molecule has 45 heavy (non-hydrogen) atoms. The van der Waals surface area contributed by atoms with E-state index < -0.39 is 5.97 Å². The molecule has 0 saturated carbocycles. The third kappa shape index (κ3) is 7.53. The zero-order valence-corrected chi connectivity index (χ0v) is 26.3. The van der Waals surface area contributed by atoms with Crippen LogP contribution < -0.4 is 9.47 Å². The molecule has 2 fully saturated rings. The highest BCUT2D eigenvalue weighted by atomic mass is 32.2. The van der Waals surface area contributed by atoms with Crippen LogP contribution in [-0.2, 0) is 4.79 Å². The van der Waals surface area contributed by atoms with Gasteiger partial charge in [0.05, 0.1) is 22.6 Å². The monoisotopic (exact) mass is 639 g/mol. The number of carbonyl (C=O) groups excluding carboxylic acids is 1. The highest BCUT2D eigenvalue weighted by Gasteiger charge is 2.32. The molecule has 1 amide bonds. The van der Waals surface area contributed by atoms with Crippen LogP contribution in [0.4, 0.5) is 0 Å². The first-order valence-electron chi connectivity index (χ1n) is 15.0. The predicted octanol–water partition coefficient (Wildman–Crippen LogP) is 6.74. The zero-order chi connectivity index (χ0) is 31.2. The van der Waals surface area contributed by atoms with E-state index in [0.29, 0.717) is 41.2 Å². The van der Waals surface area contributed by atoms with E-state index in [1.807, 2.05) is 54.7 Å². The van der Waals surface area contributed by atoms with E-state index in [9.17, 15) is 9.59 Å². The first-order chi connectivity index (χ1) is 21.9. The van der Waals surface area contributed by atoms with E-state index in [2.05, 4.69) is 16.0 Å². The molecule has 1 aromatic heterocycles. The number of carbonyl (C=O) groups is 2. The summed E-state index contributed by atoms with van der Waals surface area (Å²) in [5.74, 6) is 0.169. The summed E-state index contributed by atoms with van der Waals surface area (Å²) in [5.41, 5.74) is 3.92. The number of nitrogens with zero attached hydrogens (tertiary/aromatic N) is 3. The van der Waals surface area contributed by atoms with Gasteiger partial charge in [0, 0.05) is 35.8 Å². The number of aromatic carboxylic acids is 1. The van der Waals surface area contributed by atoms with Crippen molar-refractivity contribution in [1.29, 1.82) is 0 Å². The summed E-state index contributed by atoms with van der Waals surface area (Å²) in [7, 11) is 0. The number of ether oxygens (including phenoxy) is 2. The molecule has 6 rings (SSSR count). The quantitative estimate of drug-likeness (QED) is 0.103. The van der Waals surface area contributed by atoms with Gasteiger partial charge >= 0.3 is 5.97 Å². The molecule has 8 nitrogen and oxygen atoms in total. The number of hydrogen-bond acceptors (Lipinski definition) is 8. The number of aromatic nitrogens is 1. The lowest BCUT2D eigenvalue weighted by molar-refractivity contribution is -0.122. The Hall–Kier alpha value is -4.25. The van der Waals surface area contributed by atoms with Gasteiger partial charge in [0.25, 0.3) is 5.91 Å². The summed E-state index contributed by atoms with van der Waals surface area (Å²) >= 11 is 6.88. The topological polar surface area (TPSA) is 92.2 Å². The van der Waals surface area contributed by atoms with Gasteiger partial charge in [-0.2, -0.15) is 0 Å². The molecule has 10 heteroatoms. The van der Waals surface area contributed by atoms with Crippen molar-refractivity contribution < 1.29 is 24.2 Å². The standard InChI is InChI=1S/C35H33N3O5S2/c39-33-32(45-35(44)38(33)16-5-18-42-29-11-8-24(9-12-29)34(40)41)22-27-20-25(28-21-26-6-1-2-7-30(26)36-23-28)10-13-31(27)43-19-17-37-14-3-4-15-37/h1-2,6-13,20-23H,3-5,14-19H2,(H,40,41). The van der Waals surface area contributed by atoms with Gasteiger partial charge in [-0.3, -0.25) is 19.6 Å². The molecule has 230 valence electrons. The first-order valence-corrected chi connectivity index (χ1v) is 16.2. The highest BCUT2D eigenvalue weighted by Crippen LogP contribution is 2.36. The second kappa shape index (κ2) is 14.2. The van der Waals surface area contributed by atoms with Gasteiger partial charge in [0.15, 0.2) is 0 Å². The van der Waals surface area contributed by atoms with Gasteiger partial charge in [0.1, 0.15) is 22.4 Å². The molecule has 4 aromatic rings. The van der Waals surface area contributed by atoms with E-state index in [0.717, 1.165) is 53.0 Å². The number of pyridine rings is 1. The third-order valence-corrected chi connectivity index (χ3v) is 9.23. The van der Waals surface area contributed by atoms with Crippen molar-refractivity contribution in [2.24, 2.45) is 0 Å². The van der Waals surface area contributed by atoms with Crippen LogP contribution in [0.25, 0.3) is 28.1 Å². The number of carboxylic acid groups (broad SMARTS) is 1. The Balaban J connectivity index is 1.17. The smallest absolute Gasteiger partial charge is 0.335 e. The molecule has 0 bridgehead atoms. The molecule has 0 unspecified atom stereocenters. The summed E-state index contributed by atoms with van der Waals surface area (Å²) in [6.07, 6.45) is 6.78. The summed E-state index contributed by atoms with van der Waals surface area (Å²) in [4.78, 5) is 33.7. The molecule has 2 aliphatic heterocycles. The van der Waals surface area contributed by atoms with Crippen LogP contribution in [0, 0.1) is 0 Å². The van der Waals surface area contributed by atoms with E-state index in [4.69, 9.17) is 26.8 Å². The number of fused-ring (bicyclic) bond motifs is 1. The van der Waals surface area contributed by atoms with Gasteiger partial charge in [-0.05, 0) is 92.5 Å². The van der Waals surface area contributed by atoms with Crippen LogP contribution >= 0.6 is 24.0 Å². The predicted molar refractivity (Wildman–Crippen MR) is 182 cm³/mol. The van der Waals surface area contributed by atoms with Crippen molar-refractivity contribution in [2.45, 2.75) is 19.3 Å². The number of thioether (sulfide) groups is 1. The zero-order valence-electron chi connectivity index (χ0n) is 24.7. The van der Waals surface area contributed by atoms with Gasteiger partial charge in [-0.15, -0.1) is 0 Å². The lowest BCUT2D eigenvalue weighted by Crippen LogP contribution is -2.29. The normalized spacial score (nSPS) is 16.2. The van der Waals surface area contributed by atoms with Crippen molar-refractivity contribution in [1.82, 2.24) is 14.8 Å². The van der Waals surface area contributed by atoms with E-state index in [-0.39, 0.29) is 11.5 Å². The molecule has 0 radical (unpaired) electrons. The fourth-order valence-corrected chi connectivity index (χ4v) is 6.73. The Morgan fingerprint density at radius 1 is 0.956 bits per heavy atom. The van der Waals surface area contributed by atoms with Crippen LogP contribution in [-0.4, -0.2) is 75.5 Å². The molecule has 0 atom stereocenters. The molecular formula is C35H33N3O5S2. The van der Waals surface area contributed by atoms with Crippen molar-refractivity contribution in [3.63, 3.8) is 0 Å². The maximum atomic E-state index is 13.5. The molecule has 0 aliphatic carbocycles.